The molecular weight excluding hydrogens is 585 g/mol. The van der Waals surface area contributed by atoms with E-state index in [1.807, 2.05) is 0 Å². The Bertz CT molecular complexity index is 1650. The van der Waals surface area contributed by atoms with Crippen molar-refractivity contribution in [2.24, 2.45) is 5.92 Å². The SMILES string of the molecule is [B]C([B])([B])NC(=O)c1nnc(NC(=O)C2CC2)cc1Nc1cccc(-n2cc(CN3CCN(S(C)(=O)=O)CC3)nn2)c1OC. The van der Waals surface area contributed by atoms with Gasteiger partial charge >= 0.3 is 0 Å². The molecule has 0 bridgehead atoms. The summed E-state index contributed by atoms with van der Waals surface area (Å²) in [4.78, 5) is 27.4. The second kappa shape index (κ2) is 12.6. The molecule has 15 nitrogen and oxygen atoms in total. The van der Waals surface area contributed by atoms with Crippen molar-refractivity contribution in [3.05, 3.63) is 41.9 Å². The summed E-state index contributed by atoms with van der Waals surface area (Å²) in [6.45, 7) is 2.45. The van der Waals surface area contributed by atoms with Gasteiger partial charge in [-0.1, -0.05) is 16.5 Å². The van der Waals surface area contributed by atoms with Crippen LogP contribution >= 0.6 is 0 Å². The maximum atomic E-state index is 12.9. The molecule has 2 fully saturated rings. The van der Waals surface area contributed by atoms with Gasteiger partial charge < -0.3 is 20.7 Å². The molecule has 224 valence electrons. The Morgan fingerprint density at radius 1 is 1.07 bits per heavy atom. The van der Waals surface area contributed by atoms with E-state index in [-0.39, 0.29) is 29.0 Å². The second-order valence-corrected chi connectivity index (χ2v) is 12.7. The topological polar surface area (TPSA) is 177 Å². The van der Waals surface area contributed by atoms with Crippen LogP contribution < -0.4 is 20.7 Å². The van der Waals surface area contributed by atoms with Crippen LogP contribution in [0.25, 0.3) is 5.69 Å². The van der Waals surface area contributed by atoms with E-state index in [1.165, 1.54) is 23.7 Å². The number of benzene rings is 1. The molecule has 3 N–H and O–H groups in total. The first-order valence-electron chi connectivity index (χ1n) is 13.7. The van der Waals surface area contributed by atoms with Crippen LogP contribution in [0.15, 0.2) is 30.5 Å². The van der Waals surface area contributed by atoms with E-state index in [0.29, 0.717) is 55.5 Å². The smallest absolute Gasteiger partial charge is 0.272 e. The molecule has 1 aromatic carbocycles. The molecule has 1 saturated heterocycles. The summed E-state index contributed by atoms with van der Waals surface area (Å²) in [5.41, 5.74) is 1.63. The average Bonchev–Trinajstić information content (AvgIpc) is 3.71. The van der Waals surface area contributed by atoms with Crippen molar-refractivity contribution in [3.8, 4) is 11.4 Å². The van der Waals surface area contributed by atoms with Crippen LogP contribution in [-0.2, 0) is 21.4 Å². The number of rotatable bonds is 11. The van der Waals surface area contributed by atoms with Crippen molar-refractivity contribution in [1.82, 2.24) is 39.7 Å². The lowest BCUT2D eigenvalue weighted by atomic mass is 9.49. The highest BCUT2D eigenvalue weighted by atomic mass is 32.2. The van der Waals surface area contributed by atoms with Gasteiger partial charge in [-0.15, -0.1) is 15.3 Å². The number of piperazine rings is 1. The minimum Gasteiger partial charge on any atom is -0.492 e. The van der Waals surface area contributed by atoms with Crippen LogP contribution in [0.3, 0.4) is 0 Å². The van der Waals surface area contributed by atoms with Gasteiger partial charge in [0.25, 0.3) is 5.91 Å². The summed E-state index contributed by atoms with van der Waals surface area (Å²) in [5.74, 6) is -0.575. The first kappa shape index (κ1) is 31.5. The Morgan fingerprint density at radius 3 is 2.43 bits per heavy atom. The Morgan fingerprint density at radius 2 is 1.80 bits per heavy atom. The van der Waals surface area contributed by atoms with Gasteiger partial charge in [0.1, 0.15) is 5.69 Å². The number of hydrogen-bond donors (Lipinski definition) is 3. The first-order chi connectivity index (χ1) is 20.8. The number of anilines is 3. The number of amides is 2. The molecule has 2 aromatic heterocycles. The number of carbonyl (C=O) groups is 2. The van der Waals surface area contributed by atoms with Crippen molar-refractivity contribution in [3.63, 3.8) is 0 Å². The average molecular weight is 614 g/mol. The third kappa shape index (κ3) is 7.76. The van der Waals surface area contributed by atoms with Crippen molar-refractivity contribution in [2.75, 3.05) is 50.2 Å². The highest BCUT2D eigenvalue weighted by molar-refractivity contribution is 7.88. The van der Waals surface area contributed by atoms with Crippen molar-refractivity contribution < 1.29 is 22.7 Å². The fraction of sp³-hybridized carbons (Fsp3) is 0.440. The van der Waals surface area contributed by atoms with Gasteiger partial charge in [0.05, 0.1) is 60.2 Å². The third-order valence-corrected chi connectivity index (χ3v) is 8.28. The summed E-state index contributed by atoms with van der Waals surface area (Å²) in [6, 6.07) is 6.70. The lowest BCUT2D eigenvalue weighted by Crippen LogP contribution is -2.50. The number of sulfonamides is 1. The summed E-state index contributed by atoms with van der Waals surface area (Å²) in [6.07, 6.45) is 4.56. The van der Waals surface area contributed by atoms with Gasteiger partial charge in [-0.2, -0.15) is 4.31 Å². The molecular formula is C25H29B3N10O5S. The van der Waals surface area contributed by atoms with Crippen LogP contribution in [0.4, 0.5) is 17.2 Å². The summed E-state index contributed by atoms with van der Waals surface area (Å²) < 4.78 is 32.4. The molecule has 2 amide bonds. The van der Waals surface area contributed by atoms with Crippen LogP contribution in [-0.4, -0.2) is 123 Å². The van der Waals surface area contributed by atoms with E-state index >= 15 is 0 Å². The minimum atomic E-state index is -3.22. The number of hydrogen-bond acceptors (Lipinski definition) is 11. The molecule has 0 atom stereocenters. The standard InChI is InChI=1S/C25H29B3N10O5S/c1-43-22-17(29-18-12-20(30-23(39)15-6-7-15)33-34-21(18)24(40)31-25(26,27)28)4-3-5-19(22)38-14-16(32-35-38)13-36-8-10-37(11-9-36)44(2,41)42/h3-5,12,14-15H,6-11,13H2,1-2H3,(H,31,40)(H2,29,30,33,39). The van der Waals surface area contributed by atoms with Gasteiger partial charge in [0.2, 0.25) is 15.9 Å². The number of nitrogens with one attached hydrogen (secondary N) is 3. The Kier molecular flexibility index (Phi) is 8.99. The van der Waals surface area contributed by atoms with Crippen molar-refractivity contribution >= 4 is 62.6 Å². The van der Waals surface area contributed by atoms with Gasteiger partial charge in [-0.05, 0) is 25.0 Å². The number of ether oxygens (including phenoxy) is 1. The van der Waals surface area contributed by atoms with E-state index in [1.54, 1.807) is 29.1 Å². The van der Waals surface area contributed by atoms with Gasteiger partial charge in [-0.25, -0.2) is 13.1 Å². The van der Waals surface area contributed by atoms with E-state index in [2.05, 4.69) is 41.4 Å². The highest BCUT2D eigenvalue weighted by Gasteiger charge is 2.30. The molecule has 2 aliphatic rings. The number of methoxy groups -OCH3 is 1. The zero-order valence-electron chi connectivity index (χ0n) is 24.2. The monoisotopic (exact) mass is 614 g/mol. The van der Waals surface area contributed by atoms with Gasteiger partial charge in [0, 0.05) is 44.7 Å². The summed E-state index contributed by atoms with van der Waals surface area (Å²) in [7, 11) is 14.9. The van der Waals surface area contributed by atoms with E-state index < -0.39 is 21.2 Å². The zero-order chi connectivity index (χ0) is 31.6. The fourth-order valence-corrected chi connectivity index (χ4v) is 5.47. The Hall–Kier alpha value is -3.96. The molecule has 1 saturated carbocycles. The Balaban J connectivity index is 1.38. The fourth-order valence-electron chi connectivity index (χ4n) is 4.65. The van der Waals surface area contributed by atoms with Crippen LogP contribution in [0, 0.1) is 5.92 Å². The van der Waals surface area contributed by atoms with Crippen LogP contribution in [0.2, 0.25) is 0 Å². The summed E-state index contributed by atoms with van der Waals surface area (Å²) in [5, 5.41) is 22.6. The molecule has 44 heavy (non-hydrogen) atoms. The molecule has 1 aliphatic heterocycles. The number of para-hydroxylation sites is 1. The molecule has 0 spiro atoms. The maximum Gasteiger partial charge on any atom is 0.272 e. The van der Waals surface area contributed by atoms with Crippen molar-refractivity contribution in [1.29, 1.82) is 0 Å². The highest BCUT2D eigenvalue weighted by Crippen LogP contribution is 2.35. The van der Waals surface area contributed by atoms with Crippen molar-refractivity contribution in [2.45, 2.75) is 24.6 Å². The molecule has 5 rings (SSSR count). The molecule has 3 aromatic rings. The normalized spacial score (nSPS) is 16.3. The molecule has 1 aliphatic carbocycles. The zero-order valence-corrected chi connectivity index (χ0v) is 25.0. The second-order valence-electron chi connectivity index (χ2n) is 10.7. The minimum absolute atomic E-state index is 0.0787. The molecule has 19 heteroatoms. The largest absolute Gasteiger partial charge is 0.492 e. The quantitative estimate of drug-likeness (QED) is 0.228. The van der Waals surface area contributed by atoms with E-state index in [4.69, 9.17) is 28.3 Å². The number of carbonyl (C=O) groups excluding carboxylic acids is 2. The van der Waals surface area contributed by atoms with Gasteiger partial charge in [-0.3, -0.25) is 14.5 Å². The first-order valence-corrected chi connectivity index (χ1v) is 15.6. The number of aromatic nitrogens is 5. The van der Waals surface area contributed by atoms with Crippen LogP contribution in [0.5, 0.6) is 5.75 Å². The lowest BCUT2D eigenvalue weighted by Gasteiger charge is -2.32. The predicted molar refractivity (Wildman–Crippen MR) is 164 cm³/mol. The third-order valence-electron chi connectivity index (χ3n) is 6.98. The lowest BCUT2D eigenvalue weighted by molar-refractivity contribution is -0.117. The maximum absolute atomic E-state index is 12.9. The van der Waals surface area contributed by atoms with Gasteiger partial charge in [0.15, 0.2) is 17.3 Å². The molecule has 0 unspecified atom stereocenters. The van der Waals surface area contributed by atoms with E-state index in [9.17, 15) is 18.0 Å². The van der Waals surface area contributed by atoms with Crippen LogP contribution in [0.1, 0.15) is 29.0 Å². The molecule has 6 radical (unpaired) electrons. The molecule has 3 heterocycles. The Labute approximate surface area is 258 Å². The number of nitrogens with zero attached hydrogens (tertiary/aromatic N) is 7. The van der Waals surface area contributed by atoms with E-state index in [0.717, 1.165) is 12.8 Å². The summed E-state index contributed by atoms with van der Waals surface area (Å²) >= 11 is 0. The predicted octanol–water partition coefficient (Wildman–Crippen LogP) is -0.918.